The van der Waals surface area contributed by atoms with E-state index in [9.17, 15) is 21.6 Å². The zero-order valence-corrected chi connectivity index (χ0v) is 16.9. The Kier molecular flexibility index (Phi) is 6.82. The van der Waals surface area contributed by atoms with E-state index in [0.29, 0.717) is 24.1 Å². The summed E-state index contributed by atoms with van der Waals surface area (Å²) in [5, 5.41) is 3.92. The van der Waals surface area contributed by atoms with Crippen LogP contribution in [-0.4, -0.2) is 44.5 Å². The Morgan fingerprint density at radius 3 is 2.42 bits per heavy atom. The van der Waals surface area contributed by atoms with Crippen LogP contribution in [0.25, 0.3) is 4.85 Å². The van der Waals surface area contributed by atoms with Crippen molar-refractivity contribution in [3.63, 3.8) is 0 Å². The minimum Gasteiger partial charge on any atom is -0.406 e. The van der Waals surface area contributed by atoms with Crippen molar-refractivity contribution in [2.45, 2.75) is 30.2 Å². The molecule has 2 aromatic carbocycles. The van der Waals surface area contributed by atoms with Gasteiger partial charge >= 0.3 is 6.36 Å². The quantitative estimate of drug-likeness (QED) is 0.371. The lowest BCUT2D eigenvalue weighted by Crippen LogP contribution is -2.40. The number of piperidine rings is 1. The number of alkyl halides is 3. The number of ether oxygens (including phenoxy) is 1. The van der Waals surface area contributed by atoms with Crippen LogP contribution in [0.3, 0.4) is 0 Å². The second-order valence-electron chi connectivity index (χ2n) is 6.67. The monoisotopic (exact) mass is 453 g/mol. The van der Waals surface area contributed by atoms with Crippen molar-refractivity contribution in [1.29, 1.82) is 0 Å². The number of hydrogen-bond acceptors (Lipinski definition) is 5. The molecule has 0 N–H and O–H groups in total. The Bertz CT molecular complexity index is 1070. The van der Waals surface area contributed by atoms with Gasteiger partial charge in [-0.2, -0.15) is 4.31 Å². The van der Waals surface area contributed by atoms with Crippen LogP contribution in [-0.2, 0) is 14.9 Å². The van der Waals surface area contributed by atoms with Gasteiger partial charge in [0.05, 0.1) is 17.7 Å². The molecule has 0 bridgehead atoms. The molecule has 0 unspecified atom stereocenters. The van der Waals surface area contributed by atoms with Gasteiger partial charge in [0.1, 0.15) is 11.9 Å². The first-order chi connectivity index (χ1) is 14.7. The molecule has 0 aliphatic carbocycles. The number of halogens is 3. The molecule has 1 aliphatic rings. The largest absolute Gasteiger partial charge is 0.573 e. The van der Waals surface area contributed by atoms with Crippen LogP contribution in [0.15, 0.2) is 58.6 Å². The summed E-state index contributed by atoms with van der Waals surface area (Å²) in [6.07, 6.45) is -2.80. The molecule has 0 spiro atoms. The van der Waals surface area contributed by atoms with E-state index < -0.39 is 22.1 Å². The first-order valence-electron chi connectivity index (χ1n) is 9.20. The fraction of sp³-hybridized carbons (Fsp3) is 0.300. The molecule has 0 radical (unpaired) electrons. The van der Waals surface area contributed by atoms with Crippen molar-refractivity contribution in [2.75, 3.05) is 13.1 Å². The first-order valence-corrected chi connectivity index (χ1v) is 10.6. The highest BCUT2D eigenvalue weighted by atomic mass is 32.2. The van der Waals surface area contributed by atoms with Crippen molar-refractivity contribution >= 4 is 21.9 Å². The van der Waals surface area contributed by atoms with Crippen LogP contribution in [0.2, 0.25) is 0 Å². The zero-order valence-electron chi connectivity index (χ0n) is 16.1. The number of benzene rings is 2. The molecular weight excluding hydrogens is 435 g/mol. The molecule has 3 rings (SSSR count). The fourth-order valence-corrected chi connectivity index (χ4v) is 4.46. The third kappa shape index (κ3) is 6.19. The lowest BCUT2D eigenvalue weighted by atomic mass is 10.1. The standard InChI is InChI=1S/C20H18F3N3O4S/c1-24-16-4-2-3-15(13-16)14-25-30-18-9-11-26(12-10-18)31(27,28)19-7-5-17(6-8-19)29-20(21,22)23/h2-8,13-14,18H,9-12H2/b25-14-. The van der Waals surface area contributed by atoms with E-state index in [4.69, 9.17) is 11.4 Å². The highest BCUT2D eigenvalue weighted by molar-refractivity contribution is 7.89. The van der Waals surface area contributed by atoms with Crippen molar-refractivity contribution in [3.8, 4) is 5.75 Å². The predicted molar refractivity (Wildman–Crippen MR) is 106 cm³/mol. The predicted octanol–water partition coefficient (Wildman–Crippen LogP) is 4.34. The molecule has 1 aliphatic heterocycles. The van der Waals surface area contributed by atoms with Crippen molar-refractivity contribution < 1.29 is 31.2 Å². The van der Waals surface area contributed by atoms with Gasteiger partial charge in [0, 0.05) is 25.9 Å². The summed E-state index contributed by atoms with van der Waals surface area (Å²) in [4.78, 5) is 8.66. The summed E-state index contributed by atoms with van der Waals surface area (Å²) in [5.41, 5.74) is 1.20. The summed E-state index contributed by atoms with van der Waals surface area (Å²) < 4.78 is 67.2. The second-order valence-corrected chi connectivity index (χ2v) is 8.61. The molecule has 0 aromatic heterocycles. The Morgan fingerprint density at radius 1 is 1.13 bits per heavy atom. The summed E-state index contributed by atoms with van der Waals surface area (Å²) in [6, 6.07) is 11.0. The van der Waals surface area contributed by atoms with Crippen LogP contribution >= 0.6 is 0 Å². The Hall–Kier alpha value is -3.10. The normalized spacial score (nSPS) is 16.2. The van der Waals surface area contributed by atoms with Gasteiger partial charge in [-0.15, -0.1) is 13.2 Å². The molecule has 0 atom stereocenters. The summed E-state index contributed by atoms with van der Waals surface area (Å²) in [6.45, 7) is 7.38. The Morgan fingerprint density at radius 2 is 1.81 bits per heavy atom. The lowest BCUT2D eigenvalue weighted by Gasteiger charge is -2.29. The topological polar surface area (TPSA) is 72.6 Å². The average molecular weight is 453 g/mol. The van der Waals surface area contributed by atoms with Crippen molar-refractivity contribution in [2.24, 2.45) is 5.16 Å². The summed E-state index contributed by atoms with van der Waals surface area (Å²) >= 11 is 0. The maximum Gasteiger partial charge on any atom is 0.573 e. The van der Waals surface area contributed by atoms with Gasteiger partial charge in [0.25, 0.3) is 0 Å². The smallest absolute Gasteiger partial charge is 0.406 e. The SMILES string of the molecule is [C-]#[N+]c1cccc(/C=N\OC2CCN(S(=O)(=O)c3ccc(OC(F)(F)F)cc3)CC2)c1. The van der Waals surface area contributed by atoms with E-state index in [2.05, 4.69) is 14.7 Å². The molecule has 2 aromatic rings. The molecule has 7 nitrogen and oxygen atoms in total. The molecule has 11 heteroatoms. The molecule has 1 heterocycles. The number of sulfonamides is 1. The Balaban J connectivity index is 1.54. The van der Waals surface area contributed by atoms with E-state index >= 15 is 0 Å². The van der Waals surface area contributed by atoms with Gasteiger partial charge in [0.15, 0.2) is 5.69 Å². The van der Waals surface area contributed by atoms with Gasteiger partial charge in [-0.1, -0.05) is 23.4 Å². The van der Waals surface area contributed by atoms with Crippen LogP contribution < -0.4 is 4.74 Å². The van der Waals surface area contributed by atoms with E-state index in [1.54, 1.807) is 24.3 Å². The van der Waals surface area contributed by atoms with Gasteiger partial charge in [-0.05, 0) is 35.9 Å². The molecule has 0 amide bonds. The van der Waals surface area contributed by atoms with Crippen LogP contribution in [0, 0.1) is 6.57 Å². The third-order valence-corrected chi connectivity index (χ3v) is 6.42. The van der Waals surface area contributed by atoms with E-state index in [-0.39, 0.29) is 24.1 Å². The zero-order chi connectivity index (χ0) is 22.5. The summed E-state index contributed by atoms with van der Waals surface area (Å²) in [7, 11) is -3.84. The minimum atomic E-state index is -4.84. The number of hydrogen-bond donors (Lipinski definition) is 0. The maximum atomic E-state index is 12.7. The van der Waals surface area contributed by atoms with Gasteiger partial charge in [-0.25, -0.2) is 13.3 Å². The molecule has 1 fully saturated rings. The van der Waals surface area contributed by atoms with Gasteiger partial charge < -0.3 is 9.57 Å². The number of oxime groups is 1. The number of rotatable bonds is 6. The van der Waals surface area contributed by atoms with E-state index in [0.717, 1.165) is 24.3 Å². The molecular formula is C20H18F3N3O4S. The van der Waals surface area contributed by atoms with Crippen LogP contribution in [0.5, 0.6) is 5.75 Å². The van der Waals surface area contributed by atoms with Crippen molar-refractivity contribution in [1.82, 2.24) is 4.31 Å². The highest BCUT2D eigenvalue weighted by Gasteiger charge is 2.32. The first kappa shape index (κ1) is 22.6. The van der Waals surface area contributed by atoms with Crippen LogP contribution in [0.1, 0.15) is 18.4 Å². The van der Waals surface area contributed by atoms with Gasteiger partial charge in [0.2, 0.25) is 10.0 Å². The van der Waals surface area contributed by atoms with Gasteiger partial charge in [-0.3, -0.25) is 0 Å². The minimum absolute atomic E-state index is 0.112. The maximum absolute atomic E-state index is 12.7. The molecule has 31 heavy (non-hydrogen) atoms. The fourth-order valence-electron chi connectivity index (χ4n) is 2.99. The molecule has 0 saturated carbocycles. The third-order valence-electron chi connectivity index (χ3n) is 4.51. The van der Waals surface area contributed by atoms with E-state index in [1.807, 2.05) is 0 Å². The van der Waals surface area contributed by atoms with Crippen LogP contribution in [0.4, 0.5) is 18.9 Å². The van der Waals surface area contributed by atoms with E-state index in [1.165, 1.54) is 10.5 Å². The van der Waals surface area contributed by atoms with Crippen molar-refractivity contribution in [3.05, 3.63) is 65.5 Å². The Labute approximate surface area is 177 Å². The summed E-state index contributed by atoms with van der Waals surface area (Å²) in [5.74, 6) is -0.488. The molecule has 1 saturated heterocycles. The molecule has 164 valence electrons. The number of nitrogens with zero attached hydrogens (tertiary/aromatic N) is 3. The lowest BCUT2D eigenvalue weighted by molar-refractivity contribution is -0.274. The second kappa shape index (κ2) is 9.36. The highest BCUT2D eigenvalue weighted by Crippen LogP contribution is 2.26. The average Bonchev–Trinajstić information content (AvgIpc) is 2.73.